The van der Waals surface area contributed by atoms with Crippen LogP contribution in [0.25, 0.3) is 0 Å². The van der Waals surface area contributed by atoms with Gasteiger partial charge in [0.1, 0.15) is 5.82 Å². The van der Waals surface area contributed by atoms with Gasteiger partial charge in [0, 0.05) is 37.5 Å². The standard InChI is InChI=1S/C15H23FN2O/c1-11(12-3-4-12)18(7-8-19-2)10-13-5-6-14(17)9-15(13)16/h5-6,9,11-12H,3-4,7-8,10,17H2,1-2H3. The van der Waals surface area contributed by atoms with Crippen LogP contribution in [0, 0.1) is 11.7 Å². The van der Waals surface area contributed by atoms with E-state index < -0.39 is 0 Å². The highest BCUT2D eigenvalue weighted by Crippen LogP contribution is 2.35. The predicted octanol–water partition coefficient (Wildman–Crippen LogP) is 2.65. The maximum absolute atomic E-state index is 13.9. The van der Waals surface area contributed by atoms with Crippen molar-refractivity contribution in [1.82, 2.24) is 4.90 Å². The summed E-state index contributed by atoms with van der Waals surface area (Å²) in [5, 5.41) is 0. The summed E-state index contributed by atoms with van der Waals surface area (Å²) in [5.74, 6) is 0.541. The van der Waals surface area contributed by atoms with Crippen LogP contribution in [0.2, 0.25) is 0 Å². The van der Waals surface area contributed by atoms with Crippen molar-refractivity contribution in [3.8, 4) is 0 Å². The van der Waals surface area contributed by atoms with Crippen LogP contribution in [-0.2, 0) is 11.3 Å². The van der Waals surface area contributed by atoms with E-state index in [1.807, 2.05) is 0 Å². The fraction of sp³-hybridized carbons (Fsp3) is 0.600. The molecule has 3 nitrogen and oxygen atoms in total. The number of halogens is 1. The second-order valence-corrected chi connectivity index (χ2v) is 5.39. The molecule has 0 saturated heterocycles. The molecule has 1 aliphatic rings. The number of ether oxygens (including phenoxy) is 1. The molecular weight excluding hydrogens is 243 g/mol. The van der Waals surface area contributed by atoms with Gasteiger partial charge in [-0.1, -0.05) is 6.07 Å². The Morgan fingerprint density at radius 2 is 2.21 bits per heavy atom. The quantitative estimate of drug-likeness (QED) is 0.771. The molecule has 1 aromatic carbocycles. The maximum Gasteiger partial charge on any atom is 0.129 e. The van der Waals surface area contributed by atoms with Gasteiger partial charge in [-0.3, -0.25) is 4.90 Å². The van der Waals surface area contributed by atoms with Gasteiger partial charge in [-0.15, -0.1) is 0 Å². The average Bonchev–Trinajstić information content (AvgIpc) is 3.20. The first-order valence-corrected chi connectivity index (χ1v) is 6.88. The molecule has 1 unspecified atom stereocenters. The lowest BCUT2D eigenvalue weighted by Gasteiger charge is -2.29. The monoisotopic (exact) mass is 266 g/mol. The number of rotatable bonds is 7. The third-order valence-electron chi connectivity index (χ3n) is 3.91. The molecule has 2 rings (SSSR count). The Labute approximate surface area is 114 Å². The van der Waals surface area contributed by atoms with Gasteiger partial charge in [0.05, 0.1) is 6.61 Å². The van der Waals surface area contributed by atoms with Gasteiger partial charge in [0.15, 0.2) is 0 Å². The Balaban J connectivity index is 2.05. The van der Waals surface area contributed by atoms with E-state index in [2.05, 4.69) is 11.8 Å². The fourth-order valence-electron chi connectivity index (χ4n) is 2.42. The molecule has 0 aliphatic heterocycles. The zero-order valence-electron chi connectivity index (χ0n) is 11.7. The first kappa shape index (κ1) is 14.3. The van der Waals surface area contributed by atoms with Crippen molar-refractivity contribution < 1.29 is 9.13 Å². The van der Waals surface area contributed by atoms with Crippen LogP contribution in [0.15, 0.2) is 18.2 Å². The Kier molecular flexibility index (Phi) is 4.77. The van der Waals surface area contributed by atoms with E-state index in [-0.39, 0.29) is 5.82 Å². The van der Waals surface area contributed by atoms with Crippen LogP contribution in [0.3, 0.4) is 0 Å². The summed E-state index contributed by atoms with van der Waals surface area (Å²) in [4.78, 5) is 2.30. The fourth-order valence-corrected chi connectivity index (χ4v) is 2.42. The highest BCUT2D eigenvalue weighted by Gasteiger charge is 2.32. The van der Waals surface area contributed by atoms with Gasteiger partial charge in [-0.2, -0.15) is 0 Å². The molecule has 1 aliphatic carbocycles. The molecule has 106 valence electrons. The molecule has 0 amide bonds. The van der Waals surface area contributed by atoms with Crippen molar-refractivity contribution in [1.29, 1.82) is 0 Å². The molecule has 1 atom stereocenters. The van der Waals surface area contributed by atoms with E-state index >= 15 is 0 Å². The van der Waals surface area contributed by atoms with E-state index in [1.54, 1.807) is 19.2 Å². The van der Waals surface area contributed by atoms with Crippen LogP contribution < -0.4 is 5.73 Å². The highest BCUT2D eigenvalue weighted by molar-refractivity contribution is 5.40. The molecule has 4 heteroatoms. The zero-order chi connectivity index (χ0) is 13.8. The molecule has 1 saturated carbocycles. The Morgan fingerprint density at radius 1 is 1.47 bits per heavy atom. The first-order chi connectivity index (χ1) is 9.11. The normalized spacial score (nSPS) is 16.8. The van der Waals surface area contributed by atoms with Crippen molar-refractivity contribution in [3.05, 3.63) is 29.6 Å². The molecule has 0 radical (unpaired) electrons. The lowest BCUT2D eigenvalue weighted by atomic mass is 10.1. The Bertz CT molecular complexity index is 421. The van der Waals surface area contributed by atoms with E-state index in [9.17, 15) is 4.39 Å². The topological polar surface area (TPSA) is 38.5 Å². The molecule has 1 fully saturated rings. The van der Waals surface area contributed by atoms with Gasteiger partial charge in [0.25, 0.3) is 0 Å². The molecule has 0 bridgehead atoms. The highest BCUT2D eigenvalue weighted by atomic mass is 19.1. The maximum atomic E-state index is 13.9. The van der Waals surface area contributed by atoms with Gasteiger partial charge in [-0.05, 0) is 37.8 Å². The summed E-state index contributed by atoms with van der Waals surface area (Å²) in [6, 6.07) is 5.41. The van der Waals surface area contributed by atoms with Crippen LogP contribution >= 0.6 is 0 Å². The van der Waals surface area contributed by atoms with Gasteiger partial charge in [0.2, 0.25) is 0 Å². The molecule has 2 N–H and O–H groups in total. The summed E-state index contributed by atoms with van der Waals surface area (Å²) in [6.07, 6.45) is 2.57. The van der Waals surface area contributed by atoms with Crippen LogP contribution in [0.1, 0.15) is 25.3 Å². The summed E-state index contributed by atoms with van der Waals surface area (Å²) < 4.78 is 19.0. The molecular formula is C15H23FN2O. The van der Waals surface area contributed by atoms with Crippen molar-refractivity contribution in [3.63, 3.8) is 0 Å². The Hall–Kier alpha value is -1.13. The second kappa shape index (κ2) is 6.35. The number of nitrogen functional groups attached to an aromatic ring is 1. The number of nitrogens with two attached hydrogens (primary N) is 1. The lowest BCUT2D eigenvalue weighted by molar-refractivity contribution is 0.111. The Morgan fingerprint density at radius 3 is 2.79 bits per heavy atom. The lowest BCUT2D eigenvalue weighted by Crippen LogP contribution is -2.36. The van der Waals surface area contributed by atoms with Gasteiger partial charge >= 0.3 is 0 Å². The summed E-state index contributed by atoms with van der Waals surface area (Å²) in [6.45, 7) is 4.35. The third-order valence-corrected chi connectivity index (χ3v) is 3.91. The zero-order valence-corrected chi connectivity index (χ0v) is 11.7. The average molecular weight is 266 g/mol. The van der Waals surface area contributed by atoms with Crippen LogP contribution in [-0.4, -0.2) is 31.2 Å². The molecule has 1 aromatic rings. The number of hydrogen-bond donors (Lipinski definition) is 1. The number of hydrogen-bond acceptors (Lipinski definition) is 3. The largest absolute Gasteiger partial charge is 0.399 e. The molecule has 0 aromatic heterocycles. The van der Waals surface area contributed by atoms with Crippen molar-refractivity contribution in [2.45, 2.75) is 32.4 Å². The minimum absolute atomic E-state index is 0.217. The van der Waals surface area contributed by atoms with E-state index in [0.717, 1.165) is 12.5 Å². The van der Waals surface area contributed by atoms with E-state index in [0.29, 0.717) is 30.4 Å². The van der Waals surface area contributed by atoms with E-state index in [4.69, 9.17) is 10.5 Å². The van der Waals surface area contributed by atoms with Crippen LogP contribution in [0.5, 0.6) is 0 Å². The summed E-state index contributed by atoms with van der Waals surface area (Å²) in [7, 11) is 1.70. The number of nitrogens with zero attached hydrogens (tertiary/aromatic N) is 1. The van der Waals surface area contributed by atoms with Crippen molar-refractivity contribution >= 4 is 5.69 Å². The predicted molar refractivity (Wildman–Crippen MR) is 75.3 cm³/mol. The molecule has 0 heterocycles. The number of benzene rings is 1. The smallest absolute Gasteiger partial charge is 0.129 e. The van der Waals surface area contributed by atoms with Crippen molar-refractivity contribution in [2.24, 2.45) is 5.92 Å². The van der Waals surface area contributed by atoms with Crippen LogP contribution in [0.4, 0.5) is 10.1 Å². The number of methoxy groups -OCH3 is 1. The first-order valence-electron chi connectivity index (χ1n) is 6.88. The molecule has 0 spiro atoms. The van der Waals surface area contributed by atoms with Crippen molar-refractivity contribution in [2.75, 3.05) is 26.0 Å². The van der Waals surface area contributed by atoms with Gasteiger partial charge in [-0.25, -0.2) is 4.39 Å². The van der Waals surface area contributed by atoms with Gasteiger partial charge < -0.3 is 10.5 Å². The second-order valence-electron chi connectivity index (χ2n) is 5.39. The molecule has 19 heavy (non-hydrogen) atoms. The SMILES string of the molecule is COCCN(Cc1ccc(N)cc1F)C(C)C1CC1. The number of anilines is 1. The minimum Gasteiger partial charge on any atom is -0.399 e. The minimum atomic E-state index is -0.217. The summed E-state index contributed by atoms with van der Waals surface area (Å²) >= 11 is 0. The third kappa shape index (κ3) is 3.91. The van der Waals surface area contributed by atoms with E-state index in [1.165, 1.54) is 18.9 Å². The summed E-state index contributed by atoms with van der Waals surface area (Å²) in [5.41, 5.74) is 6.76.